The molecule has 5 heterocycles. The van der Waals surface area contributed by atoms with Crippen LogP contribution in [-0.4, -0.2) is 55.6 Å². The zero-order chi connectivity index (χ0) is 36.9. The lowest BCUT2D eigenvalue weighted by atomic mass is 9.73. The first kappa shape index (κ1) is 34.6. The second-order valence-electron chi connectivity index (χ2n) is 14.1. The molecule has 53 heavy (non-hydrogen) atoms. The smallest absolute Gasteiger partial charge is 0.265 e. The van der Waals surface area contributed by atoms with Crippen molar-refractivity contribution in [2.24, 2.45) is 5.41 Å². The van der Waals surface area contributed by atoms with Gasteiger partial charge in [-0.1, -0.05) is 12.1 Å². The molecule has 0 bridgehead atoms. The fourth-order valence-corrected chi connectivity index (χ4v) is 8.61. The number of ether oxygens (including phenoxy) is 1. The van der Waals surface area contributed by atoms with E-state index in [1.165, 1.54) is 29.5 Å². The number of aromatic nitrogens is 1. The van der Waals surface area contributed by atoms with E-state index < -0.39 is 17.5 Å². The second kappa shape index (κ2) is 13.8. The third-order valence-corrected chi connectivity index (χ3v) is 11.6. The molecule has 1 spiro atoms. The number of fused-ring (bicyclic) bond motifs is 3. The summed E-state index contributed by atoms with van der Waals surface area (Å²) in [6, 6.07) is 19.1. The van der Waals surface area contributed by atoms with Crippen LogP contribution in [0.15, 0.2) is 79.0 Å². The Morgan fingerprint density at radius 1 is 0.906 bits per heavy atom. The molecule has 270 valence electrons. The first-order valence-electron chi connectivity index (χ1n) is 17.6. The fourth-order valence-electron chi connectivity index (χ4n) is 7.47. The molecule has 3 amide bonds. The summed E-state index contributed by atoms with van der Waals surface area (Å²) in [5.74, 6) is -1.43. The van der Waals surface area contributed by atoms with Crippen molar-refractivity contribution >= 4 is 51.9 Å². The molecule has 0 unspecified atom stereocenters. The molecular formula is C41H37F2N5O4S. The van der Waals surface area contributed by atoms with Gasteiger partial charge in [-0.15, -0.1) is 11.3 Å². The molecular weight excluding hydrogens is 697 g/mol. The van der Waals surface area contributed by atoms with Crippen molar-refractivity contribution in [3.63, 3.8) is 0 Å². The number of anilines is 4. The van der Waals surface area contributed by atoms with Gasteiger partial charge in [0.2, 0.25) is 0 Å². The normalized spacial score (nSPS) is 15.9. The molecule has 0 atom stereocenters. The SMILES string of the molecule is Cc1cnc(N2CC3(CCOCC3)C2)c(C(=O)Nc2ccc(C(=O)N3CCc4cc(C(=O)Nc5c(C)cccc5F)sc4-c4ccc(F)cc43)cc2)c1. The highest BCUT2D eigenvalue weighted by Gasteiger charge is 2.45. The van der Waals surface area contributed by atoms with Gasteiger partial charge >= 0.3 is 0 Å². The van der Waals surface area contributed by atoms with E-state index in [4.69, 9.17) is 4.74 Å². The van der Waals surface area contributed by atoms with Gasteiger partial charge in [-0.05, 0) is 110 Å². The third kappa shape index (κ3) is 6.68. The molecule has 12 heteroatoms. The Morgan fingerprint density at radius 3 is 2.43 bits per heavy atom. The molecule has 0 saturated carbocycles. The van der Waals surface area contributed by atoms with Crippen LogP contribution in [0, 0.1) is 30.9 Å². The fraction of sp³-hybridized carbons (Fsp3) is 0.268. The minimum absolute atomic E-state index is 0.123. The number of carbonyl (C=O) groups is 3. The number of benzene rings is 3. The van der Waals surface area contributed by atoms with Gasteiger partial charge in [0.1, 0.15) is 17.5 Å². The number of hydrogen-bond donors (Lipinski definition) is 2. The number of thiophene rings is 1. The standard InChI is InChI=1S/C41H37F2N5O4S/c1-24-18-31(37(44-21-24)47-22-41(23-47)13-16-52-17-14-41)38(49)45-29-9-6-26(7-10-29)40(51)48-15-12-27-19-34(39(50)46-35-25(2)4-3-5-32(35)43)53-36(27)30-11-8-28(42)20-33(30)48/h3-11,18-21H,12-17,22-23H2,1-2H3,(H,45,49)(H,46,50). The number of halogens is 2. The first-order chi connectivity index (χ1) is 25.6. The van der Waals surface area contributed by atoms with Crippen LogP contribution in [0.2, 0.25) is 0 Å². The summed E-state index contributed by atoms with van der Waals surface area (Å²) in [6.07, 6.45) is 4.20. The highest BCUT2D eigenvalue weighted by Crippen LogP contribution is 2.44. The van der Waals surface area contributed by atoms with Crippen molar-refractivity contribution in [1.82, 2.24) is 4.98 Å². The van der Waals surface area contributed by atoms with Crippen LogP contribution < -0.4 is 20.4 Å². The summed E-state index contributed by atoms with van der Waals surface area (Å²) in [5.41, 5.74) is 5.03. The van der Waals surface area contributed by atoms with E-state index in [-0.39, 0.29) is 29.5 Å². The Balaban J connectivity index is 0.991. The van der Waals surface area contributed by atoms with Crippen LogP contribution in [-0.2, 0) is 11.2 Å². The monoisotopic (exact) mass is 733 g/mol. The zero-order valence-corrected chi connectivity index (χ0v) is 30.1. The molecule has 3 aliphatic heterocycles. The minimum Gasteiger partial charge on any atom is -0.381 e. The number of nitrogens with zero attached hydrogens (tertiary/aromatic N) is 3. The van der Waals surface area contributed by atoms with Crippen LogP contribution in [0.3, 0.4) is 0 Å². The van der Waals surface area contributed by atoms with Crippen LogP contribution in [0.4, 0.5) is 31.7 Å². The molecule has 3 aromatic carbocycles. The molecule has 0 radical (unpaired) electrons. The van der Waals surface area contributed by atoms with Gasteiger partial charge in [-0.2, -0.15) is 0 Å². The van der Waals surface area contributed by atoms with Gasteiger partial charge in [0.05, 0.1) is 21.8 Å². The highest BCUT2D eigenvalue weighted by atomic mass is 32.1. The van der Waals surface area contributed by atoms with E-state index >= 15 is 0 Å². The van der Waals surface area contributed by atoms with Gasteiger partial charge in [0, 0.05) is 66.2 Å². The number of amides is 3. The Labute approximate surface area is 309 Å². The molecule has 2 saturated heterocycles. The van der Waals surface area contributed by atoms with Gasteiger partial charge in [-0.25, -0.2) is 13.8 Å². The maximum atomic E-state index is 14.7. The molecule has 3 aliphatic rings. The van der Waals surface area contributed by atoms with Gasteiger partial charge in [-0.3, -0.25) is 14.4 Å². The minimum atomic E-state index is -0.523. The Morgan fingerprint density at radius 2 is 1.68 bits per heavy atom. The number of aryl methyl sites for hydroxylation is 2. The average Bonchev–Trinajstić information content (AvgIpc) is 3.51. The molecule has 9 nitrogen and oxygen atoms in total. The van der Waals surface area contributed by atoms with E-state index in [9.17, 15) is 23.2 Å². The van der Waals surface area contributed by atoms with Gasteiger partial charge in [0.25, 0.3) is 17.7 Å². The first-order valence-corrected chi connectivity index (χ1v) is 18.4. The molecule has 0 aliphatic carbocycles. The second-order valence-corrected chi connectivity index (χ2v) is 15.2. The third-order valence-electron chi connectivity index (χ3n) is 10.4. The summed E-state index contributed by atoms with van der Waals surface area (Å²) < 4.78 is 34.8. The van der Waals surface area contributed by atoms with Gasteiger partial charge in [0.15, 0.2) is 0 Å². The zero-order valence-electron chi connectivity index (χ0n) is 29.3. The molecule has 2 aromatic heterocycles. The van der Waals surface area contributed by atoms with Crippen LogP contribution in [0.1, 0.15) is 59.9 Å². The number of pyridine rings is 1. The number of carbonyl (C=O) groups excluding carboxylic acids is 3. The van der Waals surface area contributed by atoms with Crippen LogP contribution in [0.5, 0.6) is 0 Å². The van der Waals surface area contributed by atoms with E-state index in [1.54, 1.807) is 66.6 Å². The van der Waals surface area contributed by atoms with Crippen molar-refractivity contribution in [3.05, 3.63) is 123 Å². The predicted octanol–water partition coefficient (Wildman–Crippen LogP) is 8.03. The largest absolute Gasteiger partial charge is 0.381 e. The molecule has 8 rings (SSSR count). The van der Waals surface area contributed by atoms with E-state index in [1.807, 2.05) is 13.0 Å². The van der Waals surface area contributed by atoms with Crippen molar-refractivity contribution in [1.29, 1.82) is 0 Å². The van der Waals surface area contributed by atoms with E-state index in [0.29, 0.717) is 50.7 Å². The summed E-state index contributed by atoms with van der Waals surface area (Å²) in [5, 5.41) is 5.66. The number of hydrogen-bond acceptors (Lipinski definition) is 7. The average molecular weight is 734 g/mol. The predicted molar refractivity (Wildman–Crippen MR) is 202 cm³/mol. The van der Waals surface area contributed by atoms with Crippen LogP contribution in [0.25, 0.3) is 10.4 Å². The summed E-state index contributed by atoms with van der Waals surface area (Å²) >= 11 is 1.22. The Hall–Kier alpha value is -5.46. The maximum Gasteiger partial charge on any atom is 0.265 e. The molecule has 2 fully saturated rings. The number of rotatable bonds is 6. The lowest BCUT2D eigenvalue weighted by Crippen LogP contribution is -2.59. The van der Waals surface area contributed by atoms with Crippen molar-refractivity contribution in [2.75, 3.05) is 53.3 Å². The highest BCUT2D eigenvalue weighted by molar-refractivity contribution is 7.17. The van der Waals surface area contributed by atoms with Crippen molar-refractivity contribution in [3.8, 4) is 10.4 Å². The summed E-state index contributed by atoms with van der Waals surface area (Å²) in [6.45, 7) is 7.06. The van der Waals surface area contributed by atoms with Gasteiger partial charge < -0.3 is 25.2 Å². The Kier molecular flexibility index (Phi) is 9.03. The lowest BCUT2D eigenvalue weighted by Gasteiger charge is -2.53. The quantitative estimate of drug-likeness (QED) is 0.183. The van der Waals surface area contributed by atoms with Crippen molar-refractivity contribution < 1.29 is 27.9 Å². The molecule has 2 N–H and O–H groups in total. The van der Waals surface area contributed by atoms with Crippen molar-refractivity contribution in [2.45, 2.75) is 33.1 Å². The summed E-state index contributed by atoms with van der Waals surface area (Å²) in [4.78, 5) is 50.3. The molecule has 5 aromatic rings. The summed E-state index contributed by atoms with van der Waals surface area (Å²) in [7, 11) is 0. The Bertz CT molecular complexity index is 2240. The lowest BCUT2D eigenvalue weighted by molar-refractivity contribution is -0.000511. The van der Waals surface area contributed by atoms with E-state index in [0.717, 1.165) is 55.1 Å². The maximum absolute atomic E-state index is 14.7. The van der Waals surface area contributed by atoms with E-state index in [2.05, 4.69) is 20.5 Å². The number of para-hydroxylation sites is 1. The topological polar surface area (TPSA) is 104 Å². The van der Waals surface area contributed by atoms with Crippen LogP contribution >= 0.6 is 11.3 Å². The number of nitrogens with one attached hydrogen (secondary N) is 2.